The van der Waals surface area contributed by atoms with Crippen LogP contribution in [0.5, 0.6) is 11.5 Å². The number of phenols is 1. The second-order valence-electron chi connectivity index (χ2n) is 2.58. The molecule has 13 heavy (non-hydrogen) atoms. The lowest BCUT2D eigenvalue weighted by Gasteiger charge is -2.07. The smallest absolute Gasteiger partial charge is 0.137 e. The Morgan fingerprint density at radius 3 is 2.92 bits per heavy atom. The number of rotatable bonds is 4. The van der Waals surface area contributed by atoms with Gasteiger partial charge in [-0.15, -0.1) is 0 Å². The predicted molar refractivity (Wildman–Crippen MR) is 55.0 cm³/mol. The molecule has 0 saturated carbocycles. The lowest BCUT2D eigenvalue weighted by Crippen LogP contribution is -2.06. The van der Waals surface area contributed by atoms with E-state index in [-0.39, 0.29) is 5.75 Å². The van der Waals surface area contributed by atoms with Gasteiger partial charge in [-0.1, -0.05) is 6.07 Å². The van der Waals surface area contributed by atoms with Crippen LogP contribution in [-0.2, 0) is 0 Å². The monoisotopic (exact) mass is 245 g/mol. The van der Waals surface area contributed by atoms with Gasteiger partial charge >= 0.3 is 0 Å². The summed E-state index contributed by atoms with van der Waals surface area (Å²) in [5.41, 5.74) is 5.32. The number of halogens is 1. The Kier molecular flexibility index (Phi) is 4.05. The average molecular weight is 246 g/mol. The van der Waals surface area contributed by atoms with Crippen LogP contribution in [0.3, 0.4) is 0 Å². The molecule has 0 spiro atoms. The van der Waals surface area contributed by atoms with Crippen molar-refractivity contribution in [1.29, 1.82) is 0 Å². The minimum absolute atomic E-state index is 0.185. The molecule has 0 saturated heterocycles. The van der Waals surface area contributed by atoms with Gasteiger partial charge in [0.05, 0.1) is 6.61 Å². The van der Waals surface area contributed by atoms with Crippen LogP contribution in [0, 0.1) is 0 Å². The summed E-state index contributed by atoms with van der Waals surface area (Å²) >= 11 is 3.23. The maximum Gasteiger partial charge on any atom is 0.137 e. The van der Waals surface area contributed by atoms with Crippen molar-refractivity contribution in [2.75, 3.05) is 13.2 Å². The highest BCUT2D eigenvalue weighted by atomic mass is 79.9. The van der Waals surface area contributed by atoms with Gasteiger partial charge in [-0.25, -0.2) is 0 Å². The first-order valence-corrected chi connectivity index (χ1v) is 4.85. The summed E-state index contributed by atoms with van der Waals surface area (Å²) in [7, 11) is 0. The van der Waals surface area contributed by atoms with E-state index in [4.69, 9.17) is 10.5 Å². The molecule has 0 atom stereocenters. The normalized spacial score (nSPS) is 10.0. The summed E-state index contributed by atoms with van der Waals surface area (Å²) < 4.78 is 5.96. The molecule has 0 aliphatic rings. The molecule has 0 amide bonds. The maximum atomic E-state index is 9.31. The molecular formula is C9H12BrNO2. The molecule has 3 nitrogen and oxygen atoms in total. The van der Waals surface area contributed by atoms with Crippen molar-refractivity contribution in [3.8, 4) is 11.5 Å². The molecule has 0 fully saturated rings. The fourth-order valence-corrected chi connectivity index (χ4v) is 1.25. The van der Waals surface area contributed by atoms with Gasteiger partial charge in [0.15, 0.2) is 0 Å². The Morgan fingerprint density at radius 2 is 2.23 bits per heavy atom. The van der Waals surface area contributed by atoms with E-state index in [0.717, 1.165) is 6.42 Å². The van der Waals surface area contributed by atoms with Crippen molar-refractivity contribution in [2.24, 2.45) is 5.73 Å². The molecule has 1 aromatic rings. The van der Waals surface area contributed by atoms with Crippen LogP contribution in [-0.4, -0.2) is 18.3 Å². The molecule has 0 aliphatic carbocycles. The molecule has 72 valence electrons. The van der Waals surface area contributed by atoms with E-state index in [0.29, 0.717) is 23.4 Å². The second-order valence-corrected chi connectivity index (χ2v) is 3.37. The SMILES string of the molecule is NCCCOc1cccc(O)c1Br. The number of hydrogen-bond donors (Lipinski definition) is 2. The molecule has 0 aliphatic heterocycles. The summed E-state index contributed by atoms with van der Waals surface area (Å²) in [6.07, 6.45) is 0.808. The minimum atomic E-state index is 0.185. The van der Waals surface area contributed by atoms with Crippen molar-refractivity contribution < 1.29 is 9.84 Å². The standard InChI is InChI=1S/C9H12BrNO2/c10-9-7(12)3-1-4-8(9)13-6-2-5-11/h1,3-4,12H,2,5-6,11H2. The molecule has 1 aromatic carbocycles. The van der Waals surface area contributed by atoms with E-state index >= 15 is 0 Å². The van der Waals surface area contributed by atoms with Gasteiger partial charge in [-0.2, -0.15) is 0 Å². The Morgan fingerprint density at radius 1 is 1.46 bits per heavy atom. The highest BCUT2D eigenvalue weighted by Crippen LogP contribution is 2.32. The fraction of sp³-hybridized carbons (Fsp3) is 0.333. The zero-order chi connectivity index (χ0) is 9.68. The van der Waals surface area contributed by atoms with E-state index in [1.165, 1.54) is 0 Å². The number of nitrogens with two attached hydrogens (primary N) is 1. The molecule has 0 heterocycles. The Labute approximate surface area is 85.6 Å². The van der Waals surface area contributed by atoms with Gasteiger partial charge in [0.25, 0.3) is 0 Å². The van der Waals surface area contributed by atoms with Gasteiger partial charge in [0.1, 0.15) is 16.0 Å². The fourth-order valence-electron chi connectivity index (χ4n) is 0.876. The van der Waals surface area contributed by atoms with E-state index in [1.54, 1.807) is 18.2 Å². The summed E-state index contributed by atoms with van der Waals surface area (Å²) in [5.74, 6) is 0.832. The summed E-state index contributed by atoms with van der Waals surface area (Å²) in [6.45, 7) is 1.18. The molecule has 0 unspecified atom stereocenters. The lowest BCUT2D eigenvalue weighted by molar-refractivity contribution is 0.309. The van der Waals surface area contributed by atoms with Gasteiger partial charge in [-0.05, 0) is 41.0 Å². The number of benzene rings is 1. The van der Waals surface area contributed by atoms with Crippen LogP contribution in [0.25, 0.3) is 0 Å². The third kappa shape index (κ3) is 2.90. The van der Waals surface area contributed by atoms with Crippen LogP contribution in [0.2, 0.25) is 0 Å². The lowest BCUT2D eigenvalue weighted by atomic mass is 10.3. The highest BCUT2D eigenvalue weighted by Gasteiger charge is 2.04. The largest absolute Gasteiger partial charge is 0.507 e. The first kappa shape index (κ1) is 10.3. The molecule has 4 heteroatoms. The summed E-state index contributed by atoms with van der Waals surface area (Å²) in [4.78, 5) is 0. The van der Waals surface area contributed by atoms with Gasteiger partial charge in [0, 0.05) is 0 Å². The Bertz CT molecular complexity index is 278. The van der Waals surface area contributed by atoms with Gasteiger partial charge in [0.2, 0.25) is 0 Å². The van der Waals surface area contributed by atoms with Crippen molar-refractivity contribution in [1.82, 2.24) is 0 Å². The molecule has 3 N–H and O–H groups in total. The van der Waals surface area contributed by atoms with Crippen LogP contribution >= 0.6 is 15.9 Å². The maximum absolute atomic E-state index is 9.31. The molecule has 0 aromatic heterocycles. The topological polar surface area (TPSA) is 55.5 Å². The first-order chi connectivity index (χ1) is 6.25. The Balaban J connectivity index is 2.61. The number of hydrogen-bond acceptors (Lipinski definition) is 3. The molecule has 0 radical (unpaired) electrons. The minimum Gasteiger partial charge on any atom is -0.507 e. The number of phenolic OH excluding ortho intramolecular Hbond substituents is 1. The van der Waals surface area contributed by atoms with E-state index in [1.807, 2.05) is 0 Å². The van der Waals surface area contributed by atoms with Crippen molar-refractivity contribution in [3.05, 3.63) is 22.7 Å². The van der Waals surface area contributed by atoms with Crippen molar-refractivity contribution in [2.45, 2.75) is 6.42 Å². The highest BCUT2D eigenvalue weighted by molar-refractivity contribution is 9.10. The number of aromatic hydroxyl groups is 1. The molecule has 0 bridgehead atoms. The van der Waals surface area contributed by atoms with Crippen molar-refractivity contribution in [3.63, 3.8) is 0 Å². The van der Waals surface area contributed by atoms with Crippen LogP contribution in [0.15, 0.2) is 22.7 Å². The average Bonchev–Trinajstić information content (AvgIpc) is 2.13. The first-order valence-electron chi connectivity index (χ1n) is 4.06. The molecular weight excluding hydrogens is 234 g/mol. The number of ether oxygens (including phenoxy) is 1. The second kappa shape index (κ2) is 5.09. The Hall–Kier alpha value is -0.740. The summed E-state index contributed by atoms with van der Waals surface area (Å²) in [5, 5.41) is 9.31. The van der Waals surface area contributed by atoms with Gasteiger partial charge < -0.3 is 15.6 Å². The van der Waals surface area contributed by atoms with Crippen LogP contribution < -0.4 is 10.5 Å². The van der Waals surface area contributed by atoms with Crippen LogP contribution in [0.1, 0.15) is 6.42 Å². The van der Waals surface area contributed by atoms with E-state index < -0.39 is 0 Å². The third-order valence-electron chi connectivity index (χ3n) is 1.55. The predicted octanol–water partition coefficient (Wildman–Crippen LogP) is 1.88. The molecule has 1 rings (SSSR count). The summed E-state index contributed by atoms with van der Waals surface area (Å²) in [6, 6.07) is 5.12. The van der Waals surface area contributed by atoms with Crippen molar-refractivity contribution >= 4 is 15.9 Å². The van der Waals surface area contributed by atoms with Crippen LogP contribution in [0.4, 0.5) is 0 Å². The van der Waals surface area contributed by atoms with E-state index in [9.17, 15) is 5.11 Å². The zero-order valence-corrected chi connectivity index (χ0v) is 8.75. The van der Waals surface area contributed by atoms with E-state index in [2.05, 4.69) is 15.9 Å². The van der Waals surface area contributed by atoms with Gasteiger partial charge in [-0.3, -0.25) is 0 Å². The third-order valence-corrected chi connectivity index (χ3v) is 2.35. The quantitative estimate of drug-likeness (QED) is 0.797. The zero-order valence-electron chi connectivity index (χ0n) is 7.16.